The van der Waals surface area contributed by atoms with Crippen LogP contribution in [0.5, 0.6) is 0 Å². The molecule has 0 aliphatic heterocycles. The fourth-order valence-corrected chi connectivity index (χ4v) is 5.44. The van der Waals surface area contributed by atoms with Crippen LogP contribution in [0.25, 0.3) is 5.57 Å². The van der Waals surface area contributed by atoms with Gasteiger partial charge in [0.1, 0.15) is 0 Å². The molecule has 4 N–H and O–H groups in total. The van der Waals surface area contributed by atoms with Gasteiger partial charge in [-0.15, -0.1) is 6.42 Å². The molecule has 2 aromatic carbocycles. The van der Waals surface area contributed by atoms with E-state index in [9.17, 15) is 5.11 Å². The van der Waals surface area contributed by atoms with E-state index in [4.69, 9.17) is 6.42 Å². The highest BCUT2D eigenvalue weighted by Crippen LogP contribution is 2.25. The van der Waals surface area contributed by atoms with Crippen LogP contribution in [0.2, 0.25) is 0 Å². The second kappa shape index (κ2) is 19.4. The lowest BCUT2D eigenvalue weighted by Crippen LogP contribution is -2.36. The van der Waals surface area contributed by atoms with Crippen molar-refractivity contribution in [2.45, 2.75) is 52.5 Å². The highest BCUT2D eigenvalue weighted by atomic mass is 16.3. The van der Waals surface area contributed by atoms with Gasteiger partial charge in [-0.05, 0) is 72.4 Å². The number of aromatic nitrogens is 2. The highest BCUT2D eigenvalue weighted by Gasteiger charge is 2.14. The number of terminal acetylenes is 1. The number of aliphatic hydroxyl groups is 1. The largest absolute Gasteiger partial charge is 0.395 e. The van der Waals surface area contributed by atoms with Gasteiger partial charge in [-0.1, -0.05) is 66.6 Å². The predicted octanol–water partition coefficient (Wildman–Crippen LogP) is 5.09. The molecule has 0 radical (unpaired) electrons. The number of hydrogen-bond donors (Lipinski definition) is 4. The van der Waals surface area contributed by atoms with Gasteiger partial charge < -0.3 is 21.1 Å². The molecule has 0 fully saturated rings. The molecule has 1 atom stereocenters. The monoisotopic (exact) mass is 616 g/mol. The van der Waals surface area contributed by atoms with Crippen LogP contribution >= 0.6 is 0 Å². The summed E-state index contributed by atoms with van der Waals surface area (Å²) in [6, 6.07) is 26.9. The number of rotatable bonds is 19. The lowest BCUT2D eigenvalue weighted by atomic mass is 9.92. The van der Waals surface area contributed by atoms with Crippen molar-refractivity contribution in [3.63, 3.8) is 0 Å². The number of allylic oxidation sites excluding steroid dienone is 1. The Morgan fingerprint density at radius 1 is 0.848 bits per heavy atom. The average Bonchev–Trinajstić information content (AvgIpc) is 3.10. The molecule has 0 unspecified atom stereocenters. The molecule has 0 bridgehead atoms. The predicted molar refractivity (Wildman–Crippen MR) is 189 cm³/mol. The molecule has 0 aliphatic rings. The summed E-state index contributed by atoms with van der Waals surface area (Å²) in [5, 5.41) is 20.8. The standard InChI is InChI=1S/C39H48N6O/c1-4-34(39-14-10-11-31(3)38(39)5-2)25-37(30-46)44-26-32-15-17-33(18-16-32)29-45(23-21-40-27-35-12-6-8-19-42-35)24-22-41-28-36-13-7-9-20-43-36/h2,4,6-20,37,40-41,44,46H,21-30H2,1,3H3/b34-4-/t37-/m0/s1. The van der Waals surface area contributed by atoms with Crippen molar-refractivity contribution < 1.29 is 5.11 Å². The SMILES string of the molecule is C#Cc1c(C)cccc1/C(=C\C)C[C@@H](CO)NCc1ccc(CN(CCNCc2ccccn2)CCNCc2ccccn2)cc1. The van der Waals surface area contributed by atoms with E-state index in [0.717, 1.165) is 79.5 Å². The van der Waals surface area contributed by atoms with Crippen molar-refractivity contribution in [1.82, 2.24) is 30.8 Å². The summed E-state index contributed by atoms with van der Waals surface area (Å²) < 4.78 is 0. The van der Waals surface area contributed by atoms with Gasteiger partial charge in [0.25, 0.3) is 0 Å². The first-order valence-corrected chi connectivity index (χ1v) is 16.2. The fourth-order valence-electron chi connectivity index (χ4n) is 5.44. The quantitative estimate of drug-likeness (QED) is 0.0863. The van der Waals surface area contributed by atoms with Crippen LogP contribution in [0.4, 0.5) is 0 Å². The number of hydrogen-bond acceptors (Lipinski definition) is 7. The number of aryl methyl sites for hydroxylation is 1. The molecule has 4 rings (SSSR count). The van der Waals surface area contributed by atoms with Gasteiger partial charge in [-0.3, -0.25) is 14.9 Å². The third-order valence-corrected chi connectivity index (χ3v) is 8.10. The average molecular weight is 617 g/mol. The van der Waals surface area contributed by atoms with Crippen molar-refractivity contribution >= 4 is 5.57 Å². The summed E-state index contributed by atoms with van der Waals surface area (Å²) in [5.74, 6) is 2.85. The van der Waals surface area contributed by atoms with Crippen molar-refractivity contribution in [2.24, 2.45) is 0 Å². The summed E-state index contributed by atoms with van der Waals surface area (Å²) in [6.45, 7) is 10.8. The zero-order chi connectivity index (χ0) is 32.4. The second-order valence-electron chi connectivity index (χ2n) is 11.5. The molecular formula is C39H48N6O. The number of benzene rings is 2. The number of pyridine rings is 2. The normalized spacial score (nSPS) is 12.3. The van der Waals surface area contributed by atoms with E-state index in [-0.39, 0.29) is 12.6 Å². The van der Waals surface area contributed by atoms with Crippen LogP contribution < -0.4 is 16.0 Å². The minimum absolute atomic E-state index is 0.0460. The Labute approximate surface area is 275 Å². The zero-order valence-electron chi connectivity index (χ0n) is 27.3. The van der Waals surface area contributed by atoms with Gasteiger partial charge in [-0.25, -0.2) is 0 Å². The molecule has 0 saturated heterocycles. The minimum atomic E-state index is -0.0790. The molecule has 7 nitrogen and oxygen atoms in total. The summed E-state index contributed by atoms with van der Waals surface area (Å²) in [6.07, 6.45) is 12.3. The van der Waals surface area contributed by atoms with E-state index in [0.29, 0.717) is 13.0 Å². The van der Waals surface area contributed by atoms with Crippen LogP contribution in [0.3, 0.4) is 0 Å². The minimum Gasteiger partial charge on any atom is -0.395 e. The zero-order valence-corrected chi connectivity index (χ0v) is 27.3. The Bertz CT molecular complexity index is 1470. The molecule has 2 aromatic heterocycles. The molecule has 46 heavy (non-hydrogen) atoms. The van der Waals surface area contributed by atoms with E-state index >= 15 is 0 Å². The van der Waals surface area contributed by atoms with Gasteiger partial charge in [0.05, 0.1) is 18.0 Å². The molecular weight excluding hydrogens is 568 g/mol. The lowest BCUT2D eigenvalue weighted by Gasteiger charge is -2.23. The van der Waals surface area contributed by atoms with Crippen molar-refractivity contribution in [2.75, 3.05) is 32.8 Å². The maximum Gasteiger partial charge on any atom is 0.0587 e. The molecule has 0 saturated carbocycles. The number of nitrogens with zero attached hydrogens (tertiary/aromatic N) is 3. The van der Waals surface area contributed by atoms with E-state index in [1.165, 1.54) is 11.1 Å². The Morgan fingerprint density at radius 3 is 2.02 bits per heavy atom. The summed E-state index contributed by atoms with van der Waals surface area (Å²) in [7, 11) is 0. The molecule has 0 amide bonds. The van der Waals surface area contributed by atoms with E-state index in [2.05, 4.69) is 73.1 Å². The molecule has 0 spiro atoms. The van der Waals surface area contributed by atoms with Crippen molar-refractivity contribution in [1.29, 1.82) is 0 Å². The van der Waals surface area contributed by atoms with E-state index in [1.807, 2.05) is 74.8 Å². The molecule has 2 heterocycles. The van der Waals surface area contributed by atoms with Crippen LogP contribution in [-0.4, -0.2) is 58.8 Å². The third-order valence-electron chi connectivity index (χ3n) is 8.10. The summed E-state index contributed by atoms with van der Waals surface area (Å²) in [5.41, 5.74) is 8.78. The smallest absolute Gasteiger partial charge is 0.0587 e. The summed E-state index contributed by atoms with van der Waals surface area (Å²) >= 11 is 0. The number of nitrogens with one attached hydrogen (secondary N) is 3. The Hall–Kier alpha value is -4.16. The van der Waals surface area contributed by atoms with Gasteiger partial charge in [0.2, 0.25) is 0 Å². The molecule has 240 valence electrons. The van der Waals surface area contributed by atoms with Gasteiger partial charge in [0, 0.05) is 76.4 Å². The van der Waals surface area contributed by atoms with Gasteiger partial charge >= 0.3 is 0 Å². The first-order valence-electron chi connectivity index (χ1n) is 16.2. The molecule has 0 aliphatic carbocycles. The van der Waals surface area contributed by atoms with E-state index < -0.39 is 0 Å². The van der Waals surface area contributed by atoms with Gasteiger partial charge in [-0.2, -0.15) is 0 Å². The van der Waals surface area contributed by atoms with Crippen LogP contribution in [0.1, 0.15) is 52.5 Å². The maximum atomic E-state index is 10.2. The Balaban J connectivity index is 1.29. The number of aliphatic hydroxyl groups excluding tert-OH is 1. The van der Waals surface area contributed by atoms with Gasteiger partial charge in [0.15, 0.2) is 0 Å². The second-order valence-corrected chi connectivity index (χ2v) is 11.5. The molecule has 7 heteroatoms. The first kappa shape index (κ1) is 34.7. The highest BCUT2D eigenvalue weighted by molar-refractivity contribution is 5.72. The summed E-state index contributed by atoms with van der Waals surface area (Å²) in [4.78, 5) is 11.3. The third kappa shape index (κ3) is 11.3. The van der Waals surface area contributed by atoms with E-state index in [1.54, 1.807) is 0 Å². The molecule has 4 aromatic rings. The van der Waals surface area contributed by atoms with Crippen LogP contribution in [-0.2, 0) is 26.2 Å². The van der Waals surface area contributed by atoms with Crippen LogP contribution in [0, 0.1) is 19.3 Å². The topological polar surface area (TPSA) is 85.3 Å². The lowest BCUT2D eigenvalue weighted by molar-refractivity contribution is 0.243. The fraction of sp³-hybridized carbons (Fsp3) is 0.333. The van der Waals surface area contributed by atoms with Crippen molar-refractivity contribution in [3.8, 4) is 12.3 Å². The van der Waals surface area contributed by atoms with Crippen LogP contribution in [0.15, 0.2) is 97.3 Å². The first-order chi connectivity index (χ1) is 22.6. The van der Waals surface area contributed by atoms with Crippen molar-refractivity contribution in [3.05, 3.63) is 137 Å². The Morgan fingerprint density at radius 2 is 1.48 bits per heavy atom. The Kier molecular flexibility index (Phi) is 14.6. The maximum absolute atomic E-state index is 10.2.